The van der Waals surface area contributed by atoms with Crippen LogP contribution in [0.5, 0.6) is 0 Å². The summed E-state index contributed by atoms with van der Waals surface area (Å²) in [5.74, 6) is 0. The maximum atomic E-state index is 12.2. The van der Waals surface area contributed by atoms with Gasteiger partial charge in [0.1, 0.15) is 4.21 Å². The average molecular weight is 330 g/mol. The molecule has 2 N–H and O–H groups in total. The molecule has 0 saturated carbocycles. The van der Waals surface area contributed by atoms with E-state index in [0.29, 0.717) is 17.3 Å². The fraction of sp³-hybridized carbons (Fsp3) is 0.385. The zero-order valence-electron chi connectivity index (χ0n) is 11.3. The van der Waals surface area contributed by atoms with Crippen LogP contribution in [0.1, 0.15) is 23.8 Å². The Kier molecular flexibility index (Phi) is 5.74. The summed E-state index contributed by atoms with van der Waals surface area (Å²) in [7, 11) is -3.40. The van der Waals surface area contributed by atoms with Crippen LogP contribution < -0.4 is 10.0 Å². The van der Waals surface area contributed by atoms with Gasteiger partial charge in [-0.25, -0.2) is 13.1 Å². The summed E-state index contributed by atoms with van der Waals surface area (Å²) < 4.78 is 27.3. The average Bonchev–Trinajstić information content (AvgIpc) is 3.08. The maximum Gasteiger partial charge on any atom is 0.250 e. The van der Waals surface area contributed by atoms with Gasteiger partial charge in [0.2, 0.25) is 10.0 Å². The monoisotopic (exact) mass is 330 g/mol. The van der Waals surface area contributed by atoms with E-state index in [-0.39, 0.29) is 0 Å². The predicted molar refractivity (Wildman–Crippen MR) is 84.7 cm³/mol. The zero-order chi connectivity index (χ0) is 14.4. The van der Waals surface area contributed by atoms with Crippen molar-refractivity contribution in [1.29, 1.82) is 0 Å². The first-order valence-electron chi connectivity index (χ1n) is 6.42. The molecule has 0 spiro atoms. The van der Waals surface area contributed by atoms with E-state index in [1.807, 2.05) is 22.9 Å². The SMILES string of the molecule is CCCNCc1csc(S(=O)(=O)NCc2cccs2)c1. The second-order valence-corrected chi connectivity index (χ2v) is 8.29. The Balaban J connectivity index is 1.95. The smallest absolute Gasteiger partial charge is 0.250 e. The highest BCUT2D eigenvalue weighted by Crippen LogP contribution is 2.20. The molecule has 0 fully saturated rings. The van der Waals surface area contributed by atoms with Crippen molar-refractivity contribution in [3.05, 3.63) is 39.4 Å². The molecule has 4 nitrogen and oxygen atoms in total. The number of rotatable bonds is 8. The van der Waals surface area contributed by atoms with Gasteiger partial charge >= 0.3 is 0 Å². The van der Waals surface area contributed by atoms with Crippen LogP contribution in [0.15, 0.2) is 33.2 Å². The Morgan fingerprint density at radius 3 is 2.80 bits per heavy atom. The van der Waals surface area contributed by atoms with Gasteiger partial charge in [-0.15, -0.1) is 22.7 Å². The van der Waals surface area contributed by atoms with Crippen LogP contribution in [0.2, 0.25) is 0 Å². The molecule has 2 heterocycles. The van der Waals surface area contributed by atoms with Crippen molar-refractivity contribution in [3.8, 4) is 0 Å². The topological polar surface area (TPSA) is 58.2 Å². The van der Waals surface area contributed by atoms with Crippen LogP contribution in [-0.4, -0.2) is 15.0 Å². The van der Waals surface area contributed by atoms with E-state index in [2.05, 4.69) is 17.0 Å². The highest BCUT2D eigenvalue weighted by Gasteiger charge is 2.16. The summed E-state index contributed by atoms with van der Waals surface area (Å²) in [5.41, 5.74) is 1.01. The minimum Gasteiger partial charge on any atom is -0.313 e. The van der Waals surface area contributed by atoms with Gasteiger partial charge in [-0.05, 0) is 41.4 Å². The molecule has 0 aliphatic carbocycles. The summed E-state index contributed by atoms with van der Waals surface area (Å²) in [5, 5.41) is 7.09. The normalized spacial score (nSPS) is 11.8. The Morgan fingerprint density at radius 2 is 2.10 bits per heavy atom. The quantitative estimate of drug-likeness (QED) is 0.732. The van der Waals surface area contributed by atoms with E-state index in [1.54, 1.807) is 17.4 Å². The molecule has 0 aliphatic heterocycles. The third kappa shape index (κ3) is 4.39. The molecule has 0 radical (unpaired) electrons. The maximum absolute atomic E-state index is 12.2. The molecular formula is C13H18N2O2S3. The first kappa shape index (κ1) is 15.7. The van der Waals surface area contributed by atoms with E-state index in [9.17, 15) is 8.42 Å². The van der Waals surface area contributed by atoms with Crippen molar-refractivity contribution in [2.24, 2.45) is 0 Å². The van der Waals surface area contributed by atoms with Crippen LogP contribution in [0.3, 0.4) is 0 Å². The second kappa shape index (κ2) is 7.33. The van der Waals surface area contributed by atoms with E-state index < -0.39 is 10.0 Å². The molecule has 0 atom stereocenters. The van der Waals surface area contributed by atoms with Crippen molar-refractivity contribution in [3.63, 3.8) is 0 Å². The first-order valence-corrected chi connectivity index (χ1v) is 9.66. The highest BCUT2D eigenvalue weighted by atomic mass is 32.2. The van der Waals surface area contributed by atoms with Gasteiger partial charge in [0.15, 0.2) is 0 Å². The summed E-state index contributed by atoms with van der Waals surface area (Å²) in [4.78, 5) is 1.01. The molecule has 110 valence electrons. The van der Waals surface area contributed by atoms with Crippen molar-refractivity contribution in [2.45, 2.75) is 30.6 Å². The largest absolute Gasteiger partial charge is 0.313 e. The van der Waals surface area contributed by atoms with Gasteiger partial charge in [0.25, 0.3) is 0 Å². The Bertz CT molecular complexity index is 618. The minimum absolute atomic E-state index is 0.349. The van der Waals surface area contributed by atoms with Crippen LogP contribution in [0.25, 0.3) is 0 Å². The fourth-order valence-corrected chi connectivity index (χ4v) is 4.64. The molecule has 0 unspecified atom stereocenters. The Morgan fingerprint density at radius 1 is 1.25 bits per heavy atom. The third-order valence-corrected chi connectivity index (χ3v) is 6.43. The highest BCUT2D eigenvalue weighted by molar-refractivity contribution is 7.91. The lowest BCUT2D eigenvalue weighted by molar-refractivity contribution is 0.584. The third-order valence-electron chi connectivity index (χ3n) is 2.67. The van der Waals surface area contributed by atoms with Crippen molar-refractivity contribution in [1.82, 2.24) is 10.0 Å². The number of nitrogens with one attached hydrogen (secondary N) is 2. The summed E-state index contributed by atoms with van der Waals surface area (Å²) >= 11 is 2.81. The fourth-order valence-electron chi connectivity index (χ4n) is 1.65. The van der Waals surface area contributed by atoms with Gasteiger partial charge in [-0.3, -0.25) is 0 Å². The molecular weight excluding hydrogens is 312 g/mol. The summed E-state index contributed by atoms with van der Waals surface area (Å²) in [6.45, 7) is 4.10. The van der Waals surface area contributed by atoms with Gasteiger partial charge in [-0.2, -0.15) is 0 Å². The Hall–Kier alpha value is -0.730. The predicted octanol–water partition coefficient (Wildman–Crippen LogP) is 2.79. The van der Waals surface area contributed by atoms with E-state index >= 15 is 0 Å². The molecule has 0 amide bonds. The minimum atomic E-state index is -3.40. The molecule has 20 heavy (non-hydrogen) atoms. The second-order valence-electron chi connectivity index (χ2n) is 4.35. The van der Waals surface area contributed by atoms with Gasteiger partial charge in [-0.1, -0.05) is 13.0 Å². The van der Waals surface area contributed by atoms with Crippen LogP contribution in [0, 0.1) is 0 Å². The molecule has 7 heteroatoms. The van der Waals surface area contributed by atoms with Crippen LogP contribution in [-0.2, 0) is 23.1 Å². The van der Waals surface area contributed by atoms with Crippen molar-refractivity contribution in [2.75, 3.05) is 6.54 Å². The molecule has 0 bridgehead atoms. The molecule has 0 aromatic carbocycles. The standard InChI is InChI=1S/C13H18N2O2S3/c1-2-5-14-8-11-7-13(19-10-11)20(16,17)15-9-12-4-3-6-18-12/h3-4,6-7,10,14-15H,2,5,8-9H2,1H3. The Labute approximate surface area is 127 Å². The van der Waals surface area contributed by atoms with Gasteiger partial charge in [0.05, 0.1) is 0 Å². The van der Waals surface area contributed by atoms with Crippen LogP contribution >= 0.6 is 22.7 Å². The van der Waals surface area contributed by atoms with Crippen molar-refractivity contribution < 1.29 is 8.42 Å². The van der Waals surface area contributed by atoms with Gasteiger partial charge < -0.3 is 5.32 Å². The molecule has 0 aliphatic rings. The number of hydrogen-bond donors (Lipinski definition) is 2. The lowest BCUT2D eigenvalue weighted by Crippen LogP contribution is -2.21. The molecule has 2 aromatic rings. The lowest BCUT2D eigenvalue weighted by atomic mass is 10.3. The van der Waals surface area contributed by atoms with Crippen molar-refractivity contribution >= 4 is 32.7 Å². The molecule has 0 saturated heterocycles. The van der Waals surface area contributed by atoms with E-state index in [0.717, 1.165) is 23.4 Å². The number of hydrogen-bond acceptors (Lipinski definition) is 5. The van der Waals surface area contributed by atoms with Crippen LogP contribution in [0.4, 0.5) is 0 Å². The van der Waals surface area contributed by atoms with E-state index in [4.69, 9.17) is 0 Å². The van der Waals surface area contributed by atoms with E-state index in [1.165, 1.54) is 11.3 Å². The first-order chi connectivity index (χ1) is 9.62. The molecule has 2 rings (SSSR count). The number of thiophene rings is 2. The lowest BCUT2D eigenvalue weighted by Gasteiger charge is -2.03. The molecule has 2 aromatic heterocycles. The van der Waals surface area contributed by atoms with Gasteiger partial charge in [0, 0.05) is 18.0 Å². The number of sulfonamides is 1. The zero-order valence-corrected chi connectivity index (χ0v) is 13.7. The summed E-state index contributed by atoms with van der Waals surface area (Å²) in [6, 6.07) is 5.57. The summed E-state index contributed by atoms with van der Waals surface area (Å²) in [6.07, 6.45) is 1.07.